The minimum absolute atomic E-state index is 0.159. The molecule has 0 spiro atoms. The van der Waals surface area contributed by atoms with E-state index >= 15 is 0 Å². The molecule has 3 rings (SSSR count). The molecule has 0 aliphatic heterocycles. The van der Waals surface area contributed by atoms with Gasteiger partial charge in [0, 0.05) is 16.3 Å². The van der Waals surface area contributed by atoms with E-state index in [2.05, 4.69) is 10.0 Å². The summed E-state index contributed by atoms with van der Waals surface area (Å²) in [6.07, 6.45) is 0. The lowest BCUT2D eigenvalue weighted by Crippen LogP contribution is -2.17. The second-order valence-electron chi connectivity index (χ2n) is 6.76. The standard InChI is InChI=1S/C22H21ClN2O3S/c1-14-10-12-17(13-11-14)29(27,28)25-21-9-4-6-18(15(21)2)22(26)24-20-8-5-7-19(23)16(20)3/h4-13,25H,1-3H3,(H,24,26). The molecule has 0 radical (unpaired) electrons. The van der Waals surface area contributed by atoms with Crippen LogP contribution in [0.1, 0.15) is 27.0 Å². The maximum Gasteiger partial charge on any atom is 0.261 e. The largest absolute Gasteiger partial charge is 0.322 e. The second-order valence-corrected chi connectivity index (χ2v) is 8.85. The van der Waals surface area contributed by atoms with E-state index < -0.39 is 10.0 Å². The number of carbonyl (C=O) groups excluding carboxylic acids is 1. The molecule has 0 saturated heterocycles. The second kappa shape index (κ2) is 8.27. The highest BCUT2D eigenvalue weighted by Crippen LogP contribution is 2.26. The zero-order chi connectivity index (χ0) is 21.2. The molecule has 0 saturated carbocycles. The Hall–Kier alpha value is -2.83. The molecule has 0 unspecified atom stereocenters. The average Bonchev–Trinajstić information content (AvgIpc) is 2.67. The van der Waals surface area contributed by atoms with Crippen molar-refractivity contribution in [2.45, 2.75) is 25.7 Å². The van der Waals surface area contributed by atoms with Crippen LogP contribution in [0.25, 0.3) is 0 Å². The number of rotatable bonds is 5. The summed E-state index contributed by atoms with van der Waals surface area (Å²) >= 11 is 6.11. The monoisotopic (exact) mass is 428 g/mol. The van der Waals surface area contributed by atoms with E-state index in [1.165, 1.54) is 0 Å². The van der Waals surface area contributed by atoms with Crippen molar-refractivity contribution in [1.82, 2.24) is 0 Å². The first kappa shape index (κ1) is 20.9. The number of sulfonamides is 1. The van der Waals surface area contributed by atoms with Crippen molar-refractivity contribution in [3.63, 3.8) is 0 Å². The molecule has 1 amide bonds. The van der Waals surface area contributed by atoms with Gasteiger partial charge in [-0.25, -0.2) is 8.42 Å². The lowest BCUT2D eigenvalue weighted by Gasteiger charge is -2.15. The molecule has 7 heteroatoms. The maximum atomic E-state index is 12.8. The van der Waals surface area contributed by atoms with Gasteiger partial charge in [-0.15, -0.1) is 0 Å². The number of nitrogens with one attached hydrogen (secondary N) is 2. The molecule has 0 heterocycles. The number of hydrogen-bond acceptors (Lipinski definition) is 3. The summed E-state index contributed by atoms with van der Waals surface area (Å²) in [5, 5.41) is 3.39. The number of aryl methyl sites for hydroxylation is 1. The molecule has 0 aromatic heterocycles. The fourth-order valence-corrected chi connectivity index (χ4v) is 4.14. The summed E-state index contributed by atoms with van der Waals surface area (Å²) in [6, 6.07) is 16.7. The fraction of sp³-hybridized carbons (Fsp3) is 0.136. The minimum atomic E-state index is -3.77. The molecule has 0 fully saturated rings. The smallest absolute Gasteiger partial charge is 0.261 e. The predicted molar refractivity (Wildman–Crippen MR) is 117 cm³/mol. The molecule has 0 aliphatic carbocycles. The number of benzene rings is 3. The van der Waals surface area contributed by atoms with Crippen LogP contribution in [-0.4, -0.2) is 14.3 Å². The summed E-state index contributed by atoms with van der Waals surface area (Å²) in [6.45, 7) is 5.40. The van der Waals surface area contributed by atoms with Crippen LogP contribution >= 0.6 is 11.6 Å². The SMILES string of the molecule is Cc1ccc(S(=O)(=O)Nc2cccc(C(=O)Nc3cccc(Cl)c3C)c2C)cc1. The van der Waals surface area contributed by atoms with Crippen molar-refractivity contribution in [1.29, 1.82) is 0 Å². The van der Waals surface area contributed by atoms with Crippen LogP contribution in [0.15, 0.2) is 65.6 Å². The van der Waals surface area contributed by atoms with Gasteiger partial charge in [-0.1, -0.05) is 41.4 Å². The Morgan fingerprint density at radius 1 is 0.828 bits per heavy atom. The number of hydrogen-bond donors (Lipinski definition) is 2. The third-order valence-electron chi connectivity index (χ3n) is 4.67. The van der Waals surface area contributed by atoms with Crippen molar-refractivity contribution >= 4 is 38.9 Å². The summed E-state index contributed by atoms with van der Waals surface area (Å²) in [4.78, 5) is 13.0. The van der Waals surface area contributed by atoms with Gasteiger partial charge >= 0.3 is 0 Å². The predicted octanol–water partition coefficient (Wildman–Crippen LogP) is 5.32. The number of carbonyl (C=O) groups is 1. The van der Waals surface area contributed by atoms with Crippen molar-refractivity contribution in [3.8, 4) is 0 Å². The maximum absolute atomic E-state index is 12.8. The van der Waals surface area contributed by atoms with E-state index in [-0.39, 0.29) is 10.8 Å². The van der Waals surface area contributed by atoms with Gasteiger partial charge in [0.1, 0.15) is 0 Å². The van der Waals surface area contributed by atoms with Gasteiger partial charge in [-0.05, 0) is 68.3 Å². The van der Waals surface area contributed by atoms with E-state index in [0.29, 0.717) is 27.5 Å². The highest BCUT2D eigenvalue weighted by atomic mass is 35.5. The minimum Gasteiger partial charge on any atom is -0.322 e. The average molecular weight is 429 g/mol. The number of amides is 1. The summed E-state index contributed by atoms with van der Waals surface area (Å²) < 4.78 is 28.0. The van der Waals surface area contributed by atoms with Crippen LogP contribution < -0.4 is 10.0 Å². The summed E-state index contributed by atoms with van der Waals surface area (Å²) in [5.74, 6) is -0.343. The lowest BCUT2D eigenvalue weighted by molar-refractivity contribution is 0.102. The van der Waals surface area contributed by atoms with Crippen LogP contribution in [0.4, 0.5) is 11.4 Å². The normalized spacial score (nSPS) is 11.2. The van der Waals surface area contributed by atoms with Crippen molar-refractivity contribution in [2.24, 2.45) is 0 Å². The van der Waals surface area contributed by atoms with Crippen LogP contribution in [0, 0.1) is 20.8 Å². The van der Waals surface area contributed by atoms with Gasteiger partial charge in [-0.2, -0.15) is 0 Å². The Bertz CT molecular complexity index is 1170. The Morgan fingerprint density at radius 3 is 2.14 bits per heavy atom. The summed E-state index contributed by atoms with van der Waals surface area (Å²) in [5.41, 5.74) is 3.58. The molecule has 0 aliphatic rings. The van der Waals surface area contributed by atoms with Gasteiger partial charge in [0.25, 0.3) is 15.9 Å². The Labute approximate surface area is 175 Å². The molecule has 3 aromatic carbocycles. The molecule has 29 heavy (non-hydrogen) atoms. The van der Waals surface area contributed by atoms with Gasteiger partial charge < -0.3 is 5.32 Å². The Balaban J connectivity index is 1.88. The van der Waals surface area contributed by atoms with E-state index in [4.69, 9.17) is 11.6 Å². The van der Waals surface area contributed by atoms with Crippen LogP contribution in [-0.2, 0) is 10.0 Å². The lowest BCUT2D eigenvalue weighted by atomic mass is 10.1. The van der Waals surface area contributed by atoms with Crippen LogP contribution in [0.2, 0.25) is 5.02 Å². The molecule has 0 bridgehead atoms. The number of anilines is 2. The number of halogens is 1. The zero-order valence-electron chi connectivity index (χ0n) is 16.3. The van der Waals surface area contributed by atoms with E-state index in [1.54, 1.807) is 67.6 Å². The van der Waals surface area contributed by atoms with Gasteiger partial charge in [0.2, 0.25) is 0 Å². The third kappa shape index (κ3) is 4.60. The zero-order valence-corrected chi connectivity index (χ0v) is 17.9. The quantitative estimate of drug-likeness (QED) is 0.577. The van der Waals surface area contributed by atoms with Gasteiger partial charge in [0.05, 0.1) is 10.6 Å². The van der Waals surface area contributed by atoms with E-state index in [1.807, 2.05) is 13.8 Å². The first-order chi connectivity index (χ1) is 13.7. The fourth-order valence-electron chi connectivity index (χ4n) is 2.85. The van der Waals surface area contributed by atoms with Crippen LogP contribution in [0.3, 0.4) is 0 Å². The Kier molecular flexibility index (Phi) is 5.96. The summed E-state index contributed by atoms with van der Waals surface area (Å²) in [7, 11) is -3.77. The molecule has 3 aromatic rings. The Morgan fingerprint density at radius 2 is 1.45 bits per heavy atom. The first-order valence-electron chi connectivity index (χ1n) is 8.94. The molecular weight excluding hydrogens is 408 g/mol. The molecule has 0 atom stereocenters. The topological polar surface area (TPSA) is 75.3 Å². The van der Waals surface area contributed by atoms with Gasteiger partial charge in [0.15, 0.2) is 0 Å². The third-order valence-corrected chi connectivity index (χ3v) is 6.46. The van der Waals surface area contributed by atoms with Crippen molar-refractivity contribution in [2.75, 3.05) is 10.0 Å². The van der Waals surface area contributed by atoms with Gasteiger partial charge in [-0.3, -0.25) is 9.52 Å². The van der Waals surface area contributed by atoms with E-state index in [0.717, 1.165) is 11.1 Å². The molecule has 2 N–H and O–H groups in total. The van der Waals surface area contributed by atoms with E-state index in [9.17, 15) is 13.2 Å². The van der Waals surface area contributed by atoms with Crippen LogP contribution in [0.5, 0.6) is 0 Å². The van der Waals surface area contributed by atoms with Crippen molar-refractivity contribution in [3.05, 3.63) is 87.9 Å². The molecule has 5 nitrogen and oxygen atoms in total. The molecular formula is C22H21ClN2O3S. The highest BCUT2D eigenvalue weighted by Gasteiger charge is 2.18. The van der Waals surface area contributed by atoms with Crippen molar-refractivity contribution < 1.29 is 13.2 Å². The molecule has 150 valence electrons. The highest BCUT2D eigenvalue weighted by molar-refractivity contribution is 7.92. The first-order valence-corrected chi connectivity index (χ1v) is 10.8.